The maximum atomic E-state index is 14.3. The zero-order chi connectivity index (χ0) is 31.7. The van der Waals surface area contributed by atoms with Gasteiger partial charge < -0.3 is 15.0 Å². The lowest BCUT2D eigenvalue weighted by Gasteiger charge is -2.33. The standard InChI is InChI=1S/C33H33ClFN3O5S/c1-3-43-29-17-15-28(16-18-29)38(44(41,42)30-19-13-27(35)14-20-30)23-32(39)37(22-25-9-11-26(34)12-10-25)31(33(40)36-2)21-24-7-5-4-6-8-24/h4-20,31H,3,21-23H2,1-2H3,(H,36,40)/t31-/m1/s1. The van der Waals surface area contributed by atoms with E-state index < -0.39 is 40.2 Å². The van der Waals surface area contributed by atoms with Gasteiger partial charge in [0.25, 0.3) is 10.0 Å². The Morgan fingerprint density at radius 3 is 2.11 bits per heavy atom. The molecule has 0 fully saturated rings. The van der Waals surface area contributed by atoms with E-state index in [1.54, 1.807) is 36.4 Å². The number of likely N-dealkylation sites (N-methyl/N-ethyl adjacent to an activating group) is 1. The number of hydrogen-bond donors (Lipinski definition) is 1. The molecule has 0 aliphatic heterocycles. The van der Waals surface area contributed by atoms with Crippen molar-refractivity contribution in [3.05, 3.63) is 125 Å². The van der Waals surface area contributed by atoms with E-state index in [-0.39, 0.29) is 23.5 Å². The number of benzene rings is 4. The Morgan fingerprint density at radius 2 is 1.52 bits per heavy atom. The van der Waals surface area contributed by atoms with Crippen LogP contribution in [0, 0.1) is 5.82 Å². The SMILES string of the molecule is CCOc1ccc(N(CC(=O)N(Cc2ccc(Cl)cc2)[C@H](Cc2ccccc2)C(=O)NC)S(=O)(=O)c2ccc(F)cc2)cc1. The average molecular weight is 638 g/mol. The lowest BCUT2D eigenvalue weighted by atomic mass is 10.0. The first-order valence-corrected chi connectivity index (χ1v) is 15.7. The van der Waals surface area contributed by atoms with Crippen LogP contribution in [0.15, 0.2) is 108 Å². The first kappa shape index (κ1) is 32.5. The van der Waals surface area contributed by atoms with Gasteiger partial charge in [-0.1, -0.05) is 54.1 Å². The normalized spacial score (nSPS) is 11.8. The molecular weight excluding hydrogens is 605 g/mol. The Balaban J connectivity index is 1.78. The highest BCUT2D eigenvalue weighted by molar-refractivity contribution is 7.92. The molecule has 0 aliphatic rings. The van der Waals surface area contributed by atoms with Gasteiger partial charge in [-0.25, -0.2) is 12.8 Å². The molecule has 44 heavy (non-hydrogen) atoms. The summed E-state index contributed by atoms with van der Waals surface area (Å²) in [6.45, 7) is 1.61. The van der Waals surface area contributed by atoms with E-state index in [1.807, 2.05) is 37.3 Å². The third kappa shape index (κ3) is 8.15. The molecule has 11 heteroatoms. The van der Waals surface area contributed by atoms with Gasteiger partial charge >= 0.3 is 0 Å². The largest absolute Gasteiger partial charge is 0.494 e. The van der Waals surface area contributed by atoms with Gasteiger partial charge in [-0.15, -0.1) is 0 Å². The van der Waals surface area contributed by atoms with Gasteiger partial charge in [0.2, 0.25) is 11.8 Å². The molecule has 0 radical (unpaired) electrons. The van der Waals surface area contributed by atoms with E-state index >= 15 is 0 Å². The molecule has 4 rings (SSSR count). The summed E-state index contributed by atoms with van der Waals surface area (Å²) in [5, 5.41) is 3.15. The molecule has 2 amide bonds. The predicted molar refractivity (Wildman–Crippen MR) is 169 cm³/mol. The number of halogens is 2. The van der Waals surface area contributed by atoms with Gasteiger partial charge in [-0.2, -0.15) is 0 Å². The number of nitrogens with zero attached hydrogens (tertiary/aromatic N) is 2. The van der Waals surface area contributed by atoms with Crippen molar-refractivity contribution in [3.63, 3.8) is 0 Å². The number of hydrogen-bond acceptors (Lipinski definition) is 5. The van der Waals surface area contributed by atoms with Crippen LogP contribution < -0.4 is 14.4 Å². The molecule has 0 bridgehead atoms. The summed E-state index contributed by atoms with van der Waals surface area (Å²) in [6, 6.07) is 25.7. The third-order valence-corrected chi connectivity index (χ3v) is 8.94. The van der Waals surface area contributed by atoms with Crippen LogP contribution in [0.5, 0.6) is 5.75 Å². The Kier molecular flexibility index (Phi) is 11.0. The van der Waals surface area contributed by atoms with Crippen LogP contribution in [0.3, 0.4) is 0 Å². The Bertz CT molecular complexity index is 1650. The van der Waals surface area contributed by atoms with Crippen molar-refractivity contribution in [2.75, 3.05) is 24.5 Å². The Labute approximate surface area is 262 Å². The third-order valence-electron chi connectivity index (χ3n) is 6.90. The average Bonchev–Trinajstić information content (AvgIpc) is 3.03. The highest BCUT2D eigenvalue weighted by Crippen LogP contribution is 2.27. The maximum Gasteiger partial charge on any atom is 0.264 e. The number of sulfonamides is 1. The lowest BCUT2D eigenvalue weighted by molar-refractivity contribution is -0.139. The van der Waals surface area contributed by atoms with Crippen LogP contribution in [0.25, 0.3) is 0 Å². The molecule has 1 atom stereocenters. The van der Waals surface area contributed by atoms with Crippen molar-refractivity contribution in [2.24, 2.45) is 0 Å². The van der Waals surface area contributed by atoms with Crippen LogP contribution in [-0.2, 0) is 32.6 Å². The number of rotatable bonds is 13. The Hall–Kier alpha value is -4.41. The summed E-state index contributed by atoms with van der Waals surface area (Å²) in [5.41, 5.74) is 1.70. The van der Waals surface area contributed by atoms with Gasteiger partial charge in [0.15, 0.2) is 0 Å². The fourth-order valence-corrected chi connectivity index (χ4v) is 6.19. The zero-order valence-electron chi connectivity index (χ0n) is 24.3. The second-order valence-corrected chi connectivity index (χ2v) is 12.2. The number of amides is 2. The van der Waals surface area contributed by atoms with Crippen LogP contribution in [-0.4, -0.2) is 51.4 Å². The van der Waals surface area contributed by atoms with Crippen molar-refractivity contribution in [1.29, 1.82) is 0 Å². The van der Waals surface area contributed by atoms with Crippen molar-refractivity contribution in [3.8, 4) is 5.75 Å². The van der Waals surface area contributed by atoms with Crippen LogP contribution in [0.1, 0.15) is 18.1 Å². The minimum Gasteiger partial charge on any atom is -0.494 e. The molecule has 4 aromatic rings. The van der Waals surface area contributed by atoms with Crippen molar-refractivity contribution in [1.82, 2.24) is 10.2 Å². The maximum absolute atomic E-state index is 14.3. The quantitative estimate of drug-likeness (QED) is 0.210. The number of anilines is 1. The van der Waals surface area contributed by atoms with Crippen molar-refractivity contribution >= 4 is 39.1 Å². The lowest BCUT2D eigenvalue weighted by Crippen LogP contribution is -2.53. The summed E-state index contributed by atoms with van der Waals surface area (Å²) in [4.78, 5) is 28.8. The molecule has 0 aliphatic carbocycles. The molecule has 230 valence electrons. The minimum atomic E-state index is -4.35. The van der Waals surface area contributed by atoms with Crippen molar-refractivity contribution in [2.45, 2.75) is 30.8 Å². The monoisotopic (exact) mass is 637 g/mol. The second-order valence-electron chi connectivity index (χ2n) is 9.86. The van der Waals surface area contributed by atoms with E-state index in [1.165, 1.54) is 24.1 Å². The van der Waals surface area contributed by atoms with E-state index in [2.05, 4.69) is 5.32 Å². The molecule has 0 heterocycles. The fourth-order valence-electron chi connectivity index (χ4n) is 4.64. The molecule has 0 saturated heterocycles. The molecule has 0 unspecified atom stereocenters. The summed E-state index contributed by atoms with van der Waals surface area (Å²) in [6.07, 6.45) is 0.188. The number of ether oxygens (including phenoxy) is 1. The predicted octanol–water partition coefficient (Wildman–Crippen LogP) is 5.46. The fraction of sp³-hybridized carbons (Fsp3) is 0.212. The summed E-state index contributed by atoms with van der Waals surface area (Å²) < 4.78 is 48.1. The topological polar surface area (TPSA) is 96.0 Å². The first-order valence-electron chi connectivity index (χ1n) is 13.9. The van der Waals surface area contributed by atoms with Crippen LogP contribution >= 0.6 is 11.6 Å². The van der Waals surface area contributed by atoms with E-state index in [4.69, 9.17) is 16.3 Å². The molecular formula is C33H33ClFN3O5S. The summed E-state index contributed by atoms with van der Waals surface area (Å²) in [7, 11) is -2.87. The summed E-state index contributed by atoms with van der Waals surface area (Å²) >= 11 is 6.09. The highest BCUT2D eigenvalue weighted by Gasteiger charge is 2.34. The second kappa shape index (κ2) is 14.9. The van der Waals surface area contributed by atoms with Gasteiger partial charge in [-0.05, 0) is 78.7 Å². The van der Waals surface area contributed by atoms with Crippen LogP contribution in [0.2, 0.25) is 5.02 Å². The summed E-state index contributed by atoms with van der Waals surface area (Å²) in [5.74, 6) is -1.11. The molecule has 0 spiro atoms. The zero-order valence-corrected chi connectivity index (χ0v) is 25.9. The van der Waals surface area contributed by atoms with Gasteiger partial charge in [-0.3, -0.25) is 13.9 Å². The number of nitrogens with one attached hydrogen (secondary N) is 1. The first-order chi connectivity index (χ1) is 21.1. The van der Waals surface area contributed by atoms with Gasteiger partial charge in [0, 0.05) is 25.0 Å². The van der Waals surface area contributed by atoms with Crippen molar-refractivity contribution < 1.29 is 27.1 Å². The van der Waals surface area contributed by atoms with Crippen LogP contribution in [0.4, 0.5) is 10.1 Å². The molecule has 8 nitrogen and oxygen atoms in total. The number of carbonyl (C=O) groups excluding carboxylic acids is 2. The molecule has 1 N–H and O–H groups in total. The molecule has 0 aromatic heterocycles. The van der Waals surface area contributed by atoms with E-state index in [9.17, 15) is 22.4 Å². The number of carbonyl (C=O) groups is 2. The van der Waals surface area contributed by atoms with E-state index in [0.717, 1.165) is 34.1 Å². The van der Waals surface area contributed by atoms with Gasteiger partial charge in [0.05, 0.1) is 17.2 Å². The van der Waals surface area contributed by atoms with Gasteiger partial charge in [0.1, 0.15) is 24.2 Å². The minimum absolute atomic E-state index is 0.00857. The smallest absolute Gasteiger partial charge is 0.264 e. The Morgan fingerprint density at radius 1 is 0.886 bits per heavy atom. The molecule has 0 saturated carbocycles. The highest BCUT2D eigenvalue weighted by atomic mass is 35.5. The molecule has 4 aromatic carbocycles. The van der Waals surface area contributed by atoms with E-state index in [0.29, 0.717) is 22.9 Å².